The minimum atomic E-state index is -0.212. The van der Waals surface area contributed by atoms with Gasteiger partial charge in [0.15, 0.2) is 0 Å². The Morgan fingerprint density at radius 1 is 1.42 bits per heavy atom. The number of benzene rings is 1. The van der Waals surface area contributed by atoms with Crippen molar-refractivity contribution >= 4 is 23.3 Å². The molecule has 1 amide bonds. The third kappa shape index (κ3) is 2.49. The largest absolute Gasteiger partial charge is 0.307 e. The fourth-order valence-corrected chi connectivity index (χ4v) is 2.24. The summed E-state index contributed by atoms with van der Waals surface area (Å²) in [6.07, 6.45) is 2.38. The van der Waals surface area contributed by atoms with E-state index in [2.05, 4.69) is 10.4 Å². The van der Waals surface area contributed by atoms with Crippen LogP contribution in [0.15, 0.2) is 30.3 Å². The lowest BCUT2D eigenvalue weighted by atomic mass is 10.2. The summed E-state index contributed by atoms with van der Waals surface area (Å²) >= 11 is 6.01. The van der Waals surface area contributed by atoms with Crippen molar-refractivity contribution in [2.24, 2.45) is 7.05 Å². The molecule has 3 rings (SSSR count). The van der Waals surface area contributed by atoms with Crippen LogP contribution < -0.4 is 5.32 Å². The van der Waals surface area contributed by atoms with Gasteiger partial charge in [-0.05, 0) is 25.0 Å². The van der Waals surface area contributed by atoms with E-state index in [9.17, 15) is 4.79 Å². The highest BCUT2D eigenvalue weighted by Crippen LogP contribution is 2.39. The number of nitrogens with one attached hydrogen (secondary N) is 1. The third-order valence-electron chi connectivity index (χ3n) is 3.25. The second-order valence-electron chi connectivity index (χ2n) is 4.79. The van der Waals surface area contributed by atoms with E-state index in [0.717, 1.165) is 5.69 Å². The van der Waals surface area contributed by atoms with E-state index >= 15 is 0 Å². The number of aromatic nitrogens is 2. The summed E-state index contributed by atoms with van der Waals surface area (Å²) < 4.78 is 1.70. The third-order valence-corrected chi connectivity index (χ3v) is 3.58. The number of rotatable bonds is 3. The first kappa shape index (κ1) is 12.2. The predicted octanol–water partition coefficient (Wildman–Crippen LogP) is 3.20. The molecule has 1 aromatic carbocycles. The van der Waals surface area contributed by atoms with Gasteiger partial charge in [0, 0.05) is 19.0 Å². The smallest absolute Gasteiger partial charge is 0.258 e. The fourth-order valence-electron chi connectivity index (χ4n) is 2.01. The van der Waals surface area contributed by atoms with Crippen LogP contribution in [0.3, 0.4) is 0 Å². The van der Waals surface area contributed by atoms with Gasteiger partial charge in [-0.25, -0.2) is 0 Å². The molecule has 1 fully saturated rings. The number of hydrogen-bond donors (Lipinski definition) is 1. The van der Waals surface area contributed by atoms with Crippen LogP contribution >= 0.6 is 11.6 Å². The maximum Gasteiger partial charge on any atom is 0.258 e. The lowest BCUT2D eigenvalue weighted by Crippen LogP contribution is -2.14. The van der Waals surface area contributed by atoms with Crippen molar-refractivity contribution in [3.05, 3.63) is 46.6 Å². The Morgan fingerprint density at radius 3 is 2.84 bits per heavy atom. The molecule has 1 aliphatic rings. The van der Waals surface area contributed by atoms with Crippen molar-refractivity contribution in [3.63, 3.8) is 0 Å². The lowest BCUT2D eigenvalue weighted by molar-refractivity contribution is 0.102. The molecule has 4 nitrogen and oxygen atoms in total. The maximum absolute atomic E-state index is 12.1. The molecule has 1 aliphatic carbocycles. The molecule has 0 bridgehead atoms. The van der Waals surface area contributed by atoms with Crippen LogP contribution in [-0.2, 0) is 7.05 Å². The first-order chi connectivity index (χ1) is 9.15. The summed E-state index contributed by atoms with van der Waals surface area (Å²) in [6.45, 7) is 0. The van der Waals surface area contributed by atoms with Crippen LogP contribution in [0, 0.1) is 0 Å². The maximum atomic E-state index is 12.1. The number of halogens is 1. The summed E-state index contributed by atoms with van der Waals surface area (Å²) in [5, 5.41) is 7.71. The van der Waals surface area contributed by atoms with E-state index in [4.69, 9.17) is 11.6 Å². The van der Waals surface area contributed by atoms with Crippen LogP contribution in [0.4, 0.5) is 5.82 Å². The van der Waals surface area contributed by atoms with E-state index in [1.807, 2.05) is 13.1 Å². The Bertz CT molecular complexity index is 631. The second kappa shape index (κ2) is 4.70. The molecule has 0 radical (unpaired) electrons. The molecule has 5 heteroatoms. The molecule has 98 valence electrons. The first-order valence-electron chi connectivity index (χ1n) is 6.25. The second-order valence-corrected chi connectivity index (χ2v) is 5.19. The highest BCUT2D eigenvalue weighted by atomic mass is 35.5. The topological polar surface area (TPSA) is 46.9 Å². The number of aryl methyl sites for hydroxylation is 1. The van der Waals surface area contributed by atoms with Gasteiger partial charge in [0.05, 0.1) is 16.3 Å². The molecular weight excluding hydrogens is 262 g/mol. The molecule has 0 atom stereocenters. The minimum absolute atomic E-state index is 0.212. The molecule has 19 heavy (non-hydrogen) atoms. The van der Waals surface area contributed by atoms with Crippen LogP contribution in [0.5, 0.6) is 0 Å². The normalized spacial score (nSPS) is 14.4. The van der Waals surface area contributed by atoms with Gasteiger partial charge in [0.25, 0.3) is 5.91 Å². The Kier molecular flexibility index (Phi) is 3.03. The molecule has 1 aromatic heterocycles. The van der Waals surface area contributed by atoms with Crippen molar-refractivity contribution in [2.75, 3.05) is 5.32 Å². The van der Waals surface area contributed by atoms with Crippen molar-refractivity contribution < 1.29 is 4.79 Å². The van der Waals surface area contributed by atoms with Gasteiger partial charge >= 0.3 is 0 Å². The first-order valence-corrected chi connectivity index (χ1v) is 6.63. The number of hydrogen-bond acceptors (Lipinski definition) is 2. The van der Waals surface area contributed by atoms with Crippen molar-refractivity contribution in [2.45, 2.75) is 18.8 Å². The fraction of sp³-hybridized carbons (Fsp3) is 0.286. The summed E-state index contributed by atoms with van der Waals surface area (Å²) in [6, 6.07) is 8.94. The van der Waals surface area contributed by atoms with Crippen molar-refractivity contribution in [1.82, 2.24) is 9.78 Å². The zero-order valence-electron chi connectivity index (χ0n) is 10.6. The monoisotopic (exact) mass is 275 g/mol. The highest BCUT2D eigenvalue weighted by Gasteiger charge is 2.27. The summed E-state index contributed by atoms with van der Waals surface area (Å²) in [4.78, 5) is 12.1. The Balaban J connectivity index is 1.81. The highest BCUT2D eigenvalue weighted by molar-refractivity contribution is 6.34. The van der Waals surface area contributed by atoms with Gasteiger partial charge in [-0.2, -0.15) is 5.10 Å². The van der Waals surface area contributed by atoms with Crippen molar-refractivity contribution in [3.8, 4) is 0 Å². The predicted molar refractivity (Wildman–Crippen MR) is 74.6 cm³/mol. The van der Waals surface area contributed by atoms with Crippen LogP contribution in [0.25, 0.3) is 0 Å². The number of carbonyl (C=O) groups excluding carboxylic acids is 1. The zero-order valence-corrected chi connectivity index (χ0v) is 11.3. The molecule has 1 N–H and O–H groups in total. The van der Waals surface area contributed by atoms with Crippen LogP contribution in [0.2, 0.25) is 5.02 Å². The molecule has 0 aliphatic heterocycles. The molecule has 0 spiro atoms. The molecule has 2 aromatic rings. The van der Waals surface area contributed by atoms with E-state index in [1.165, 1.54) is 12.8 Å². The van der Waals surface area contributed by atoms with E-state index in [0.29, 0.717) is 22.3 Å². The standard InChI is InChI=1S/C14H14ClN3O/c1-18-13(8-12(17-18)9-6-7-9)16-14(19)10-4-2-3-5-11(10)15/h2-5,8-9H,6-7H2,1H3,(H,16,19). The van der Waals surface area contributed by atoms with Gasteiger partial charge in [-0.3, -0.25) is 9.48 Å². The van der Waals surface area contributed by atoms with E-state index in [1.54, 1.807) is 28.9 Å². The molecule has 1 saturated carbocycles. The zero-order chi connectivity index (χ0) is 13.4. The quantitative estimate of drug-likeness (QED) is 0.935. The average Bonchev–Trinajstić information content (AvgIpc) is 3.16. The molecule has 0 unspecified atom stereocenters. The van der Waals surface area contributed by atoms with Gasteiger partial charge in [-0.1, -0.05) is 23.7 Å². The summed E-state index contributed by atoms with van der Waals surface area (Å²) in [5.41, 5.74) is 1.52. The average molecular weight is 276 g/mol. The van der Waals surface area contributed by atoms with E-state index < -0.39 is 0 Å². The van der Waals surface area contributed by atoms with Gasteiger partial charge in [0.1, 0.15) is 5.82 Å². The number of nitrogens with zero attached hydrogens (tertiary/aromatic N) is 2. The Hall–Kier alpha value is -1.81. The van der Waals surface area contributed by atoms with Gasteiger partial charge in [-0.15, -0.1) is 0 Å². The minimum Gasteiger partial charge on any atom is -0.307 e. The van der Waals surface area contributed by atoms with Crippen molar-refractivity contribution in [1.29, 1.82) is 0 Å². The molecular formula is C14H14ClN3O. The summed E-state index contributed by atoms with van der Waals surface area (Å²) in [5.74, 6) is 1.06. The van der Waals surface area contributed by atoms with E-state index in [-0.39, 0.29) is 5.91 Å². The van der Waals surface area contributed by atoms with Gasteiger partial charge < -0.3 is 5.32 Å². The molecule has 1 heterocycles. The summed E-state index contributed by atoms with van der Waals surface area (Å²) in [7, 11) is 1.83. The SMILES string of the molecule is Cn1nc(C2CC2)cc1NC(=O)c1ccccc1Cl. The Morgan fingerprint density at radius 2 is 2.16 bits per heavy atom. The number of carbonyl (C=O) groups is 1. The number of amides is 1. The van der Waals surface area contributed by atoms with Gasteiger partial charge in [0.2, 0.25) is 0 Å². The molecule has 0 saturated heterocycles. The Labute approximate surface area is 116 Å². The van der Waals surface area contributed by atoms with Crippen LogP contribution in [-0.4, -0.2) is 15.7 Å². The van der Waals surface area contributed by atoms with Crippen LogP contribution in [0.1, 0.15) is 34.8 Å². The number of anilines is 1. The lowest BCUT2D eigenvalue weighted by Gasteiger charge is -2.06.